The van der Waals surface area contributed by atoms with Gasteiger partial charge in [-0.15, -0.1) is 0 Å². The molecule has 27 heavy (non-hydrogen) atoms. The summed E-state index contributed by atoms with van der Waals surface area (Å²) >= 11 is 0. The van der Waals surface area contributed by atoms with Gasteiger partial charge in [-0.25, -0.2) is 4.79 Å². The number of hydrogen-bond acceptors (Lipinski definition) is 4. The molecule has 1 aliphatic carbocycles. The number of ether oxygens (including phenoxy) is 1. The van der Waals surface area contributed by atoms with Gasteiger partial charge in [-0.2, -0.15) is 0 Å². The fourth-order valence-electron chi connectivity index (χ4n) is 3.50. The minimum absolute atomic E-state index is 0.0210. The molecular formula is C20H26N2O5. The van der Waals surface area contributed by atoms with Crippen LogP contribution in [0, 0.1) is 5.92 Å². The number of carbonyl (C=O) groups is 3. The van der Waals surface area contributed by atoms with E-state index in [2.05, 4.69) is 0 Å². The van der Waals surface area contributed by atoms with Gasteiger partial charge in [-0.3, -0.25) is 9.59 Å². The molecule has 2 aliphatic rings. The Morgan fingerprint density at radius 2 is 1.78 bits per heavy atom. The Hall–Kier alpha value is -2.57. The maximum absolute atomic E-state index is 12.8. The summed E-state index contributed by atoms with van der Waals surface area (Å²) in [6, 6.07) is 8.43. The number of hydrogen-bond donors (Lipinski definition) is 1. The number of para-hydroxylation sites is 1. The number of nitrogens with zero attached hydrogens (tertiary/aromatic N) is 2. The second-order valence-corrected chi connectivity index (χ2v) is 7.25. The molecule has 7 heteroatoms. The van der Waals surface area contributed by atoms with E-state index in [1.54, 1.807) is 28.9 Å². The Morgan fingerprint density at radius 1 is 1.15 bits per heavy atom. The van der Waals surface area contributed by atoms with E-state index in [-0.39, 0.29) is 30.4 Å². The van der Waals surface area contributed by atoms with Gasteiger partial charge in [0, 0.05) is 25.0 Å². The number of carboxylic acid groups (broad SMARTS) is 1. The highest BCUT2D eigenvalue weighted by Gasteiger charge is 2.41. The molecule has 1 aliphatic heterocycles. The van der Waals surface area contributed by atoms with Crippen molar-refractivity contribution in [3.63, 3.8) is 0 Å². The van der Waals surface area contributed by atoms with E-state index in [1.807, 2.05) is 18.2 Å². The number of likely N-dealkylation sites (tertiary alicyclic amines) is 1. The van der Waals surface area contributed by atoms with Gasteiger partial charge in [0.15, 0.2) is 6.61 Å². The van der Waals surface area contributed by atoms with E-state index in [0.717, 1.165) is 12.8 Å². The molecule has 1 N–H and O–H groups in total. The summed E-state index contributed by atoms with van der Waals surface area (Å²) in [6.07, 6.45) is 2.87. The summed E-state index contributed by atoms with van der Waals surface area (Å²) in [5, 5.41) is 9.28. The highest BCUT2D eigenvalue weighted by molar-refractivity contribution is 5.86. The summed E-state index contributed by atoms with van der Waals surface area (Å²) in [6.45, 7) is 2.53. The van der Waals surface area contributed by atoms with Crippen molar-refractivity contribution in [1.82, 2.24) is 9.80 Å². The number of piperidine rings is 1. The topological polar surface area (TPSA) is 87.2 Å². The third-order valence-electron chi connectivity index (χ3n) is 5.27. The Bertz CT molecular complexity index is 681. The first kappa shape index (κ1) is 19.2. The second-order valence-electron chi connectivity index (χ2n) is 7.25. The summed E-state index contributed by atoms with van der Waals surface area (Å²) in [5.41, 5.74) is 0. The predicted molar refractivity (Wildman–Crippen MR) is 98.2 cm³/mol. The van der Waals surface area contributed by atoms with Crippen molar-refractivity contribution in [2.45, 2.75) is 44.7 Å². The van der Waals surface area contributed by atoms with Crippen molar-refractivity contribution in [3.8, 4) is 5.75 Å². The van der Waals surface area contributed by atoms with Crippen LogP contribution in [0.5, 0.6) is 5.75 Å². The van der Waals surface area contributed by atoms with Gasteiger partial charge in [-0.05, 0) is 44.7 Å². The molecule has 1 aromatic rings. The summed E-state index contributed by atoms with van der Waals surface area (Å²) in [4.78, 5) is 39.8. The number of rotatable bonds is 7. The molecule has 146 valence electrons. The molecule has 0 spiro atoms. The molecule has 3 rings (SSSR count). The molecule has 1 heterocycles. The molecular weight excluding hydrogens is 348 g/mol. The van der Waals surface area contributed by atoms with Crippen LogP contribution >= 0.6 is 0 Å². The molecule has 1 saturated carbocycles. The molecule has 1 saturated heterocycles. The van der Waals surface area contributed by atoms with Crippen LogP contribution in [0.25, 0.3) is 0 Å². The normalized spacial score (nSPS) is 18.6. The summed E-state index contributed by atoms with van der Waals surface area (Å²) in [5.74, 6) is -0.714. The van der Waals surface area contributed by atoms with Crippen LogP contribution in [0.4, 0.5) is 0 Å². The van der Waals surface area contributed by atoms with Gasteiger partial charge in [0.05, 0.1) is 0 Å². The van der Waals surface area contributed by atoms with Crippen LogP contribution in [0.3, 0.4) is 0 Å². The lowest BCUT2D eigenvalue weighted by atomic mass is 9.94. The Kier molecular flexibility index (Phi) is 5.98. The summed E-state index contributed by atoms with van der Waals surface area (Å²) in [7, 11) is 0. The zero-order valence-electron chi connectivity index (χ0n) is 15.5. The molecule has 1 aromatic carbocycles. The fourth-order valence-corrected chi connectivity index (χ4v) is 3.50. The Balaban J connectivity index is 1.49. The van der Waals surface area contributed by atoms with Crippen molar-refractivity contribution in [3.05, 3.63) is 30.3 Å². The van der Waals surface area contributed by atoms with Gasteiger partial charge in [0.25, 0.3) is 5.91 Å². The van der Waals surface area contributed by atoms with Gasteiger partial charge in [0.2, 0.25) is 5.91 Å². The van der Waals surface area contributed by atoms with Crippen molar-refractivity contribution in [2.24, 2.45) is 5.92 Å². The highest BCUT2D eigenvalue weighted by Crippen LogP contribution is 2.32. The van der Waals surface area contributed by atoms with E-state index >= 15 is 0 Å². The SMILES string of the molecule is CC(C(=O)O)N(C(=O)C1CCN(C(=O)COc2ccccc2)CC1)C1CC1. The maximum atomic E-state index is 12.8. The lowest BCUT2D eigenvalue weighted by Crippen LogP contribution is -2.50. The smallest absolute Gasteiger partial charge is 0.326 e. The summed E-state index contributed by atoms with van der Waals surface area (Å²) < 4.78 is 5.50. The van der Waals surface area contributed by atoms with Crippen LogP contribution in [0.1, 0.15) is 32.6 Å². The third kappa shape index (κ3) is 4.78. The van der Waals surface area contributed by atoms with Gasteiger partial charge >= 0.3 is 5.97 Å². The van der Waals surface area contributed by atoms with E-state index in [1.165, 1.54) is 0 Å². The largest absolute Gasteiger partial charge is 0.484 e. The number of benzene rings is 1. The maximum Gasteiger partial charge on any atom is 0.326 e. The van der Waals surface area contributed by atoms with Gasteiger partial charge in [0.1, 0.15) is 11.8 Å². The van der Waals surface area contributed by atoms with Crippen LogP contribution in [-0.4, -0.2) is 64.5 Å². The molecule has 0 radical (unpaired) electrons. The second kappa shape index (κ2) is 8.41. The van der Waals surface area contributed by atoms with E-state index < -0.39 is 12.0 Å². The standard InChI is InChI=1S/C20H26N2O5/c1-14(20(25)26)22(16-7-8-16)19(24)15-9-11-21(12-10-15)18(23)13-27-17-5-3-2-4-6-17/h2-6,14-16H,7-13H2,1H3,(H,25,26). The van der Waals surface area contributed by atoms with Gasteiger partial charge in [-0.1, -0.05) is 18.2 Å². The van der Waals surface area contributed by atoms with E-state index in [9.17, 15) is 19.5 Å². The Labute approximate surface area is 158 Å². The molecule has 1 unspecified atom stereocenters. The number of amides is 2. The Morgan fingerprint density at radius 3 is 2.33 bits per heavy atom. The van der Waals surface area contributed by atoms with Crippen molar-refractivity contribution >= 4 is 17.8 Å². The first-order valence-electron chi connectivity index (χ1n) is 9.48. The lowest BCUT2D eigenvalue weighted by Gasteiger charge is -2.35. The van der Waals surface area contributed by atoms with Gasteiger partial charge < -0.3 is 19.6 Å². The number of aliphatic carboxylic acids is 1. The number of carbonyl (C=O) groups excluding carboxylic acids is 2. The minimum Gasteiger partial charge on any atom is -0.484 e. The van der Waals surface area contributed by atoms with Crippen LogP contribution in [0.2, 0.25) is 0 Å². The fraction of sp³-hybridized carbons (Fsp3) is 0.550. The monoisotopic (exact) mass is 374 g/mol. The molecule has 2 fully saturated rings. The average Bonchev–Trinajstić information content (AvgIpc) is 3.52. The zero-order chi connectivity index (χ0) is 19.4. The van der Waals surface area contributed by atoms with Crippen LogP contribution in [0.15, 0.2) is 30.3 Å². The van der Waals surface area contributed by atoms with Crippen LogP contribution in [-0.2, 0) is 14.4 Å². The highest BCUT2D eigenvalue weighted by atomic mass is 16.5. The molecule has 0 bridgehead atoms. The predicted octanol–water partition coefficient (Wildman–Crippen LogP) is 1.77. The molecule has 2 amide bonds. The zero-order valence-corrected chi connectivity index (χ0v) is 15.5. The molecule has 7 nitrogen and oxygen atoms in total. The first-order valence-corrected chi connectivity index (χ1v) is 9.48. The van der Waals surface area contributed by atoms with Crippen molar-refractivity contribution in [2.75, 3.05) is 19.7 Å². The first-order chi connectivity index (χ1) is 13.0. The van der Waals surface area contributed by atoms with E-state index in [0.29, 0.717) is 31.7 Å². The van der Waals surface area contributed by atoms with Crippen molar-refractivity contribution < 1.29 is 24.2 Å². The lowest BCUT2D eigenvalue weighted by molar-refractivity contribution is -0.153. The average molecular weight is 374 g/mol. The quantitative estimate of drug-likeness (QED) is 0.786. The molecule has 1 atom stereocenters. The third-order valence-corrected chi connectivity index (χ3v) is 5.27. The number of carboxylic acids is 1. The molecule has 0 aromatic heterocycles. The van der Waals surface area contributed by atoms with Crippen molar-refractivity contribution in [1.29, 1.82) is 0 Å². The van der Waals surface area contributed by atoms with Crippen LogP contribution < -0.4 is 4.74 Å². The minimum atomic E-state index is -0.971. The van der Waals surface area contributed by atoms with E-state index in [4.69, 9.17) is 4.74 Å².